The van der Waals surface area contributed by atoms with Crippen molar-refractivity contribution in [1.82, 2.24) is 62.6 Å². The number of nitrogens with one attached hydrogen (secondary N) is 10. The highest BCUT2D eigenvalue weighted by Crippen LogP contribution is 2.53. The SMILES string of the molecule is CC(C)C[C@@H]1NC(=O)C2C[C@@H](O)CNN2C(=O)[C@H](C(C)C)OC(=O)[C@@H](C(C)C)NC(=O)C2C[C@@]3(O)c4cc(-c5ccc6c(c5)[C@@]5(O)C[C@@H]7C(=O)N[C@H](C(C)C)C(=O)O[C@H](C(C)C)C(=O)N8NC[C@@H](O)CC8C(=O)N[C@@H](CC(C)C)C(=O)N[C@H]([C@H](C)O)C(=O)N7C5N6)ccc4NC3N2C(=O)C([C@H](C)O)NC1=O. The maximum absolute atomic E-state index is 15.5. The Morgan fingerprint density at radius 3 is 1.07 bits per heavy atom. The Hall–Kier alpha value is -8.64. The van der Waals surface area contributed by atoms with E-state index in [2.05, 4.69) is 53.4 Å². The van der Waals surface area contributed by atoms with Gasteiger partial charge in [-0.1, -0.05) is 95.2 Å². The minimum Gasteiger partial charge on any atom is -0.450 e. The van der Waals surface area contributed by atoms with E-state index in [1.54, 1.807) is 119 Å². The van der Waals surface area contributed by atoms with Gasteiger partial charge in [0.25, 0.3) is 11.8 Å². The first-order chi connectivity index (χ1) is 49.7. The molecule has 10 rings (SSSR count). The van der Waals surface area contributed by atoms with Gasteiger partial charge in [-0.3, -0.25) is 58.0 Å². The number of cyclic esters (lactones) is 2. The molecule has 8 aliphatic rings. The van der Waals surface area contributed by atoms with Gasteiger partial charge in [-0.2, -0.15) is 0 Å². The minimum absolute atomic E-state index is 0.0334. The molecule has 6 fully saturated rings. The first-order valence-electron chi connectivity index (χ1n) is 36.7. The van der Waals surface area contributed by atoms with Crippen molar-refractivity contribution in [2.24, 2.45) is 35.5 Å². The predicted molar refractivity (Wildman–Crippen MR) is 376 cm³/mol. The van der Waals surface area contributed by atoms with Crippen LogP contribution in [0, 0.1) is 35.5 Å². The van der Waals surface area contributed by atoms with Gasteiger partial charge in [0.1, 0.15) is 84.0 Å². The van der Waals surface area contributed by atoms with Crippen LogP contribution in [0.5, 0.6) is 0 Å². The number of rotatable bonds is 11. The largest absolute Gasteiger partial charge is 0.450 e. The van der Waals surface area contributed by atoms with Crippen LogP contribution in [0.15, 0.2) is 36.4 Å². The highest BCUT2D eigenvalue weighted by atomic mass is 16.6. The highest BCUT2D eigenvalue weighted by molar-refractivity contribution is 6.01. The van der Waals surface area contributed by atoms with Gasteiger partial charge in [-0.25, -0.2) is 20.4 Å². The van der Waals surface area contributed by atoms with Crippen LogP contribution in [0.3, 0.4) is 0 Å². The zero-order chi connectivity index (χ0) is 77.9. The monoisotopic (exact) mass is 1480 g/mol. The summed E-state index contributed by atoms with van der Waals surface area (Å²) < 4.78 is 11.9. The topological polar surface area (TPSA) is 478 Å². The molecule has 10 amide bonds. The number of hydrogen-bond donors (Lipinski definition) is 16. The summed E-state index contributed by atoms with van der Waals surface area (Å²) in [6.07, 6.45) is -13.7. The Bertz CT molecular complexity index is 3540. The number of hydrogen-bond acceptors (Lipinski definition) is 24. The van der Waals surface area contributed by atoms with Gasteiger partial charge < -0.3 is 92.4 Å². The van der Waals surface area contributed by atoms with E-state index in [-0.39, 0.29) is 73.1 Å². The number of carbonyl (C=O) groups is 12. The summed E-state index contributed by atoms with van der Waals surface area (Å²) in [6.45, 7) is 21.9. The molecular weight excluding hydrogens is 1380 g/mol. The van der Waals surface area contributed by atoms with E-state index in [1.807, 2.05) is 0 Å². The molecule has 8 aliphatic heterocycles. The maximum atomic E-state index is 15.5. The molecule has 34 heteroatoms. The van der Waals surface area contributed by atoms with Crippen molar-refractivity contribution in [1.29, 1.82) is 0 Å². The highest BCUT2D eigenvalue weighted by Gasteiger charge is 2.64. The Morgan fingerprint density at radius 2 is 0.755 bits per heavy atom. The minimum atomic E-state index is -2.21. The summed E-state index contributed by atoms with van der Waals surface area (Å²) in [7, 11) is 0. The van der Waals surface area contributed by atoms with Crippen molar-refractivity contribution in [3.63, 3.8) is 0 Å². The second-order valence-electron chi connectivity index (χ2n) is 31.8. The molecule has 0 radical (unpaired) electrons. The molecule has 106 heavy (non-hydrogen) atoms. The fourth-order valence-electron chi connectivity index (χ4n) is 15.5. The Balaban J connectivity index is 1.01. The van der Waals surface area contributed by atoms with E-state index in [4.69, 9.17) is 9.47 Å². The predicted octanol–water partition coefficient (Wildman–Crippen LogP) is -2.40. The second-order valence-corrected chi connectivity index (χ2v) is 31.8. The van der Waals surface area contributed by atoms with Crippen LogP contribution in [0.2, 0.25) is 0 Å². The number of carbonyl (C=O) groups excluding carboxylic acids is 12. The molecule has 20 atom stereocenters. The van der Waals surface area contributed by atoms with Crippen molar-refractivity contribution in [2.75, 3.05) is 23.7 Å². The lowest BCUT2D eigenvalue weighted by molar-refractivity contribution is -0.172. The molecule has 6 unspecified atom stereocenters. The van der Waals surface area contributed by atoms with Gasteiger partial charge >= 0.3 is 11.9 Å². The number of aliphatic hydroxyl groups is 6. The van der Waals surface area contributed by atoms with Crippen LogP contribution in [-0.4, -0.2) is 244 Å². The number of esters is 2. The summed E-state index contributed by atoms with van der Waals surface area (Å²) in [5.74, 6) is -15.1. The number of nitrogens with zero attached hydrogens (tertiary/aromatic N) is 4. The maximum Gasteiger partial charge on any atom is 0.329 e. The van der Waals surface area contributed by atoms with E-state index < -0.39 is 228 Å². The number of hydrazine groups is 2. The number of ether oxygens (including phenoxy) is 2. The molecule has 2 aromatic rings. The number of β-amino-alcohol motifs (C(OH)–C–C–N with tert-alkyl or cyclic N) is 2. The Morgan fingerprint density at radius 1 is 0.425 bits per heavy atom. The van der Waals surface area contributed by atoms with E-state index in [0.29, 0.717) is 11.1 Å². The molecule has 0 aliphatic carbocycles. The molecule has 6 saturated heterocycles. The summed E-state index contributed by atoms with van der Waals surface area (Å²) in [4.78, 5) is 180. The third kappa shape index (κ3) is 15.6. The molecule has 0 bridgehead atoms. The third-order valence-corrected chi connectivity index (χ3v) is 21.2. The first-order valence-corrected chi connectivity index (χ1v) is 36.7. The average Bonchev–Trinajstić information content (AvgIpc) is 1.55. The summed E-state index contributed by atoms with van der Waals surface area (Å²) in [5, 5.41) is 95.6. The quantitative estimate of drug-likeness (QED) is 0.104. The lowest BCUT2D eigenvalue weighted by Gasteiger charge is -2.40. The van der Waals surface area contributed by atoms with E-state index in [1.165, 1.54) is 13.8 Å². The van der Waals surface area contributed by atoms with Crippen molar-refractivity contribution in [3.05, 3.63) is 47.5 Å². The fraction of sp³-hybridized carbons (Fsp3) is 0.667. The molecule has 2 aromatic carbocycles. The van der Waals surface area contributed by atoms with Gasteiger partial charge in [-0.15, -0.1) is 0 Å². The molecule has 8 heterocycles. The molecule has 34 nitrogen and oxygen atoms in total. The Kier molecular flexibility index (Phi) is 23.6. The fourth-order valence-corrected chi connectivity index (χ4v) is 15.5. The number of amides is 10. The Labute approximate surface area is 614 Å². The van der Waals surface area contributed by atoms with Gasteiger partial charge in [0, 0.05) is 61.3 Å². The van der Waals surface area contributed by atoms with E-state index in [0.717, 1.165) is 19.8 Å². The van der Waals surface area contributed by atoms with Gasteiger partial charge in [-0.05, 0) is 97.6 Å². The summed E-state index contributed by atoms with van der Waals surface area (Å²) in [6, 6.07) is -6.29. The summed E-state index contributed by atoms with van der Waals surface area (Å²) >= 11 is 0. The van der Waals surface area contributed by atoms with Crippen molar-refractivity contribution < 1.29 is 97.6 Å². The zero-order valence-corrected chi connectivity index (χ0v) is 62.2. The van der Waals surface area contributed by atoms with E-state index >= 15 is 19.2 Å². The molecule has 0 spiro atoms. The lowest BCUT2D eigenvalue weighted by Crippen LogP contribution is -2.67. The van der Waals surface area contributed by atoms with Crippen LogP contribution in [0.1, 0.15) is 147 Å². The number of aliphatic hydroxyl groups excluding tert-OH is 4. The number of anilines is 2. The zero-order valence-electron chi connectivity index (χ0n) is 62.2. The molecule has 0 aromatic heterocycles. The van der Waals surface area contributed by atoms with Crippen molar-refractivity contribution in [2.45, 2.75) is 256 Å². The van der Waals surface area contributed by atoms with Crippen molar-refractivity contribution >= 4 is 82.4 Å². The van der Waals surface area contributed by atoms with Crippen LogP contribution in [0.4, 0.5) is 11.4 Å². The smallest absolute Gasteiger partial charge is 0.329 e. The van der Waals surface area contributed by atoms with Crippen molar-refractivity contribution in [3.8, 4) is 11.1 Å². The van der Waals surface area contributed by atoms with Crippen LogP contribution in [0.25, 0.3) is 11.1 Å². The molecule has 16 N–H and O–H groups in total. The summed E-state index contributed by atoms with van der Waals surface area (Å²) in [5.41, 5.74) is 2.62. The average molecular weight is 1490 g/mol. The van der Waals surface area contributed by atoms with E-state index in [9.17, 15) is 69.0 Å². The second kappa shape index (κ2) is 31.3. The van der Waals surface area contributed by atoms with Gasteiger partial charge in [0.15, 0.2) is 12.2 Å². The standard InChI is InChI=1S/C72H104N14O20/c1-29(2)19-45-57(91)81-53(35(13)87)63(97)83-49(61(95)79-51(31(5)6)67(101)105-55(33(9)10)65(99)85-47(59(93)75-45)23-39(89)27-73-85)25-71(103)41-21-37(15-17-43(41)77-69(71)83)38-16-18-44-42(22-38)72(104)26-50-62(96)80-52(32(7)8)68(102)106-56(34(11)12)66(100)86-48(24-40(90)28-74-86)60(94)76-46(20-30(3)4)58(92)82-54(36(14)88)64(98)84(50)70(72)78-44/h15-18,21-22,29-36,39-40,45-56,69-70,73-74,77-78,87-90,103-104H,19-20,23-28H2,1-14H3,(H,75,93)(H,76,94)(H,79,95)(H,80,96)(H,81,91)(H,82,92)/t35-,36-,39-,40+,45-,46-,47?,48?,49+,50?,51+,52+,53+,54?,55+,56-,69?,70?,71-,72+/m0/s1. The lowest BCUT2D eigenvalue weighted by atomic mass is 9.86. The third-order valence-electron chi connectivity index (χ3n) is 21.2. The first kappa shape index (κ1) is 79.9. The molecule has 582 valence electrons. The van der Waals surface area contributed by atoms with Crippen LogP contribution >= 0.6 is 0 Å². The number of benzene rings is 2. The molecular formula is C72H104N14O20. The normalized spacial score (nSPS) is 33.7. The van der Waals surface area contributed by atoms with Crippen LogP contribution in [-0.2, 0) is 78.2 Å². The van der Waals surface area contributed by atoms with Crippen LogP contribution < -0.4 is 53.4 Å². The van der Waals surface area contributed by atoms with Gasteiger partial charge in [0.2, 0.25) is 47.3 Å². The van der Waals surface area contributed by atoms with Gasteiger partial charge in [0.05, 0.1) is 24.4 Å². The number of fused-ring (bicyclic) bond motifs is 12. The molecule has 0 saturated carbocycles.